The molecule has 0 saturated carbocycles. The van der Waals surface area contributed by atoms with Crippen molar-refractivity contribution in [3.8, 4) is 5.75 Å². The largest absolute Gasteiger partial charge is 0.497 e. The van der Waals surface area contributed by atoms with Crippen LogP contribution in [-0.4, -0.2) is 34.2 Å². The van der Waals surface area contributed by atoms with Gasteiger partial charge < -0.3 is 4.74 Å². The van der Waals surface area contributed by atoms with Crippen molar-refractivity contribution in [2.24, 2.45) is 5.10 Å². The summed E-state index contributed by atoms with van der Waals surface area (Å²) in [6, 6.07) is 19.3. The lowest BCUT2D eigenvalue weighted by atomic mass is 10.2. The van der Waals surface area contributed by atoms with Crippen LogP contribution in [0.25, 0.3) is 0 Å². The minimum absolute atomic E-state index is 0.00345. The molecule has 0 aromatic heterocycles. The lowest BCUT2D eigenvalue weighted by Crippen LogP contribution is -2.39. The van der Waals surface area contributed by atoms with Gasteiger partial charge in [-0.1, -0.05) is 59.6 Å². The Hall–Kier alpha value is -3.07. The van der Waals surface area contributed by atoms with Gasteiger partial charge in [0.05, 0.1) is 34.0 Å². The smallest absolute Gasteiger partial charge is 0.264 e. The number of hydrogen-bond donors (Lipinski definition) is 1. The van der Waals surface area contributed by atoms with Gasteiger partial charge in [-0.2, -0.15) is 5.10 Å². The molecule has 166 valence electrons. The van der Waals surface area contributed by atoms with Crippen LogP contribution in [0.2, 0.25) is 10.0 Å². The highest BCUT2D eigenvalue weighted by molar-refractivity contribution is 7.92. The number of hydrogen-bond acceptors (Lipinski definition) is 5. The number of ether oxygens (including phenoxy) is 1. The van der Waals surface area contributed by atoms with Crippen molar-refractivity contribution < 1.29 is 17.9 Å². The summed E-state index contributed by atoms with van der Waals surface area (Å²) in [6.07, 6.45) is 1.42. The molecule has 0 aliphatic rings. The Morgan fingerprint density at radius 1 is 1.06 bits per heavy atom. The summed E-state index contributed by atoms with van der Waals surface area (Å²) in [5, 5.41) is 4.07. The zero-order chi connectivity index (χ0) is 23.1. The van der Waals surface area contributed by atoms with Crippen LogP contribution in [0.15, 0.2) is 82.8 Å². The van der Waals surface area contributed by atoms with Crippen molar-refractivity contribution in [1.29, 1.82) is 0 Å². The van der Waals surface area contributed by atoms with Crippen molar-refractivity contribution in [1.82, 2.24) is 5.43 Å². The molecular weight excluding hydrogens is 473 g/mol. The Morgan fingerprint density at radius 3 is 2.50 bits per heavy atom. The highest BCUT2D eigenvalue weighted by atomic mass is 35.5. The molecule has 0 aliphatic carbocycles. The first-order valence-electron chi connectivity index (χ1n) is 9.30. The predicted molar refractivity (Wildman–Crippen MR) is 126 cm³/mol. The van der Waals surface area contributed by atoms with E-state index in [0.29, 0.717) is 11.3 Å². The molecule has 7 nitrogen and oxygen atoms in total. The number of anilines is 1. The third-order valence-electron chi connectivity index (χ3n) is 4.31. The van der Waals surface area contributed by atoms with Gasteiger partial charge in [-0.15, -0.1) is 0 Å². The maximum atomic E-state index is 13.3. The molecule has 1 N–H and O–H groups in total. The highest BCUT2D eigenvalue weighted by Gasteiger charge is 2.29. The molecule has 0 unspecified atom stereocenters. The zero-order valence-corrected chi connectivity index (χ0v) is 19.2. The molecule has 0 heterocycles. The first kappa shape index (κ1) is 23.6. The molecule has 3 rings (SSSR count). The fraction of sp³-hybridized carbons (Fsp3) is 0.0909. The van der Waals surface area contributed by atoms with Crippen LogP contribution in [0.4, 0.5) is 5.69 Å². The van der Waals surface area contributed by atoms with Gasteiger partial charge in [-0.25, -0.2) is 13.8 Å². The number of carbonyl (C=O) groups is 1. The normalized spacial score (nSPS) is 11.3. The predicted octanol–water partition coefficient (Wildman–Crippen LogP) is 4.35. The van der Waals surface area contributed by atoms with Crippen LogP contribution < -0.4 is 14.5 Å². The molecule has 0 saturated heterocycles. The second kappa shape index (κ2) is 10.5. The van der Waals surface area contributed by atoms with Crippen LogP contribution in [0.3, 0.4) is 0 Å². The van der Waals surface area contributed by atoms with E-state index in [1.807, 2.05) is 0 Å². The van der Waals surface area contributed by atoms with Crippen molar-refractivity contribution >= 4 is 51.0 Å². The van der Waals surface area contributed by atoms with Gasteiger partial charge in [-0.3, -0.25) is 9.10 Å². The first-order chi connectivity index (χ1) is 15.3. The van der Waals surface area contributed by atoms with Crippen molar-refractivity contribution in [2.75, 3.05) is 18.0 Å². The Balaban J connectivity index is 1.86. The van der Waals surface area contributed by atoms with E-state index in [0.717, 1.165) is 4.31 Å². The second-order valence-corrected chi connectivity index (χ2v) is 9.11. The monoisotopic (exact) mass is 491 g/mol. The molecule has 1 amide bonds. The molecule has 0 spiro atoms. The van der Waals surface area contributed by atoms with E-state index >= 15 is 0 Å². The Bertz CT molecular complexity index is 1230. The molecule has 0 fully saturated rings. The molecule has 0 radical (unpaired) electrons. The van der Waals surface area contributed by atoms with E-state index in [-0.39, 0.29) is 20.6 Å². The van der Waals surface area contributed by atoms with Crippen LogP contribution in [0, 0.1) is 0 Å². The fourth-order valence-corrected chi connectivity index (χ4v) is 4.67. The number of rotatable bonds is 8. The summed E-state index contributed by atoms with van der Waals surface area (Å²) in [4.78, 5) is 12.6. The fourth-order valence-electron chi connectivity index (χ4n) is 2.77. The number of hydrazone groups is 1. The molecule has 0 aliphatic heterocycles. The minimum Gasteiger partial charge on any atom is -0.497 e. The number of amides is 1. The number of nitrogens with one attached hydrogen (secondary N) is 1. The maximum absolute atomic E-state index is 13.3. The van der Waals surface area contributed by atoms with Crippen LogP contribution in [0.5, 0.6) is 5.75 Å². The number of sulfonamides is 1. The van der Waals surface area contributed by atoms with Crippen molar-refractivity contribution in [3.63, 3.8) is 0 Å². The Kier molecular flexibility index (Phi) is 7.74. The average molecular weight is 492 g/mol. The minimum atomic E-state index is -4.11. The average Bonchev–Trinajstić information content (AvgIpc) is 2.80. The summed E-state index contributed by atoms with van der Waals surface area (Å²) >= 11 is 12.3. The molecule has 0 bridgehead atoms. The summed E-state index contributed by atoms with van der Waals surface area (Å²) in [5.41, 5.74) is 3.10. The van der Waals surface area contributed by atoms with Crippen molar-refractivity contribution in [3.05, 3.63) is 88.4 Å². The second-order valence-electron chi connectivity index (χ2n) is 6.47. The molecule has 3 aromatic rings. The third-order valence-corrected chi connectivity index (χ3v) is 6.90. The van der Waals surface area contributed by atoms with E-state index in [9.17, 15) is 13.2 Å². The molecular formula is C22H19Cl2N3O4S. The van der Waals surface area contributed by atoms with Gasteiger partial charge in [-0.05, 0) is 42.0 Å². The van der Waals surface area contributed by atoms with Crippen molar-refractivity contribution in [2.45, 2.75) is 4.90 Å². The lowest BCUT2D eigenvalue weighted by Gasteiger charge is -2.24. The SMILES string of the molecule is COc1cccc(/C=N\NC(=O)CN(c2cccc(Cl)c2Cl)S(=O)(=O)c2ccccc2)c1. The van der Waals surface area contributed by atoms with Gasteiger partial charge in [0.25, 0.3) is 15.9 Å². The standard InChI is InChI=1S/C22H19Cl2N3O4S/c1-31-17-8-5-7-16(13-17)14-25-26-21(28)15-27(20-12-6-11-19(23)22(20)24)32(29,30)18-9-3-2-4-10-18/h2-14H,15H2,1H3,(H,26,28)/b25-14-. The number of carbonyl (C=O) groups excluding carboxylic acids is 1. The summed E-state index contributed by atoms with van der Waals surface area (Å²) < 4.78 is 32.6. The summed E-state index contributed by atoms with van der Waals surface area (Å²) in [6.45, 7) is -0.563. The molecule has 10 heteroatoms. The number of nitrogens with zero attached hydrogens (tertiary/aromatic N) is 2. The first-order valence-corrected chi connectivity index (χ1v) is 11.5. The van der Waals surface area contributed by atoms with Gasteiger partial charge in [0.2, 0.25) is 0 Å². The summed E-state index contributed by atoms with van der Waals surface area (Å²) in [7, 11) is -2.57. The van der Waals surface area contributed by atoms with E-state index in [2.05, 4.69) is 10.5 Å². The highest BCUT2D eigenvalue weighted by Crippen LogP contribution is 2.35. The Morgan fingerprint density at radius 2 is 1.78 bits per heavy atom. The number of halogens is 2. The molecule has 3 aromatic carbocycles. The number of benzene rings is 3. The topological polar surface area (TPSA) is 88.1 Å². The number of methoxy groups -OCH3 is 1. The van der Waals surface area contributed by atoms with Gasteiger partial charge in [0.15, 0.2) is 0 Å². The Labute approximate surface area is 196 Å². The van der Waals surface area contributed by atoms with Gasteiger partial charge >= 0.3 is 0 Å². The van der Waals surface area contributed by atoms with E-state index in [4.69, 9.17) is 27.9 Å². The lowest BCUT2D eigenvalue weighted by molar-refractivity contribution is -0.119. The van der Waals surface area contributed by atoms with E-state index in [1.165, 1.54) is 30.5 Å². The van der Waals surface area contributed by atoms with E-state index < -0.39 is 22.5 Å². The van der Waals surface area contributed by atoms with Crippen LogP contribution in [0.1, 0.15) is 5.56 Å². The van der Waals surface area contributed by atoms with Gasteiger partial charge in [0, 0.05) is 0 Å². The summed E-state index contributed by atoms with van der Waals surface area (Å²) in [5.74, 6) is -0.0318. The third kappa shape index (κ3) is 5.59. The van der Waals surface area contributed by atoms with Gasteiger partial charge in [0.1, 0.15) is 12.3 Å². The van der Waals surface area contributed by atoms with Crippen LogP contribution in [-0.2, 0) is 14.8 Å². The molecule has 0 atom stereocenters. The quantitative estimate of drug-likeness (QED) is 0.374. The maximum Gasteiger partial charge on any atom is 0.264 e. The van der Waals surface area contributed by atoms with Crippen LogP contribution >= 0.6 is 23.2 Å². The van der Waals surface area contributed by atoms with E-state index in [1.54, 1.807) is 55.6 Å². The molecule has 32 heavy (non-hydrogen) atoms. The zero-order valence-electron chi connectivity index (χ0n) is 16.9.